The highest BCUT2D eigenvalue weighted by Gasteiger charge is 2.31. The molecule has 0 atom stereocenters. The Labute approximate surface area is 117 Å². The van der Waals surface area contributed by atoms with Crippen LogP contribution in [-0.4, -0.2) is 11.5 Å². The molecule has 108 valence electrons. The molecule has 0 amide bonds. The number of thiophene rings is 1. The van der Waals surface area contributed by atoms with Gasteiger partial charge in [-0.1, -0.05) is 6.07 Å². The van der Waals surface area contributed by atoms with Crippen LogP contribution in [0.3, 0.4) is 0 Å². The number of pyridine rings is 1. The van der Waals surface area contributed by atoms with Gasteiger partial charge in [0.05, 0.1) is 5.56 Å². The Morgan fingerprint density at radius 2 is 2.00 bits per heavy atom. The molecule has 0 aliphatic heterocycles. The van der Waals surface area contributed by atoms with Gasteiger partial charge in [-0.25, -0.2) is 10.8 Å². The van der Waals surface area contributed by atoms with Crippen LogP contribution in [-0.2, 0) is 12.6 Å². The standard InChI is InChI=1S/C12H13F3N4S/c13-12(14,15)8-6-10(18-11(7-8)19-16)17-4-3-9-2-1-5-20-9/h1-2,5-7H,3-4,16H2,(H2,17,18,19). The zero-order valence-electron chi connectivity index (χ0n) is 10.4. The van der Waals surface area contributed by atoms with E-state index in [1.807, 2.05) is 17.5 Å². The third kappa shape index (κ3) is 3.84. The zero-order chi connectivity index (χ0) is 14.6. The Balaban J connectivity index is 2.06. The van der Waals surface area contributed by atoms with E-state index < -0.39 is 11.7 Å². The topological polar surface area (TPSA) is 63.0 Å². The normalized spacial score (nSPS) is 11.4. The molecule has 0 saturated heterocycles. The first-order valence-corrected chi connectivity index (χ1v) is 6.69. The summed E-state index contributed by atoms with van der Waals surface area (Å²) < 4.78 is 38.1. The fourth-order valence-corrected chi connectivity index (χ4v) is 2.34. The van der Waals surface area contributed by atoms with Crippen molar-refractivity contribution >= 4 is 23.0 Å². The molecule has 0 fully saturated rings. The Bertz CT molecular complexity index is 554. The Morgan fingerprint density at radius 3 is 2.60 bits per heavy atom. The van der Waals surface area contributed by atoms with Gasteiger partial charge in [-0.2, -0.15) is 13.2 Å². The lowest BCUT2D eigenvalue weighted by molar-refractivity contribution is -0.137. The maximum Gasteiger partial charge on any atom is 0.416 e. The molecule has 4 nitrogen and oxygen atoms in total. The first-order chi connectivity index (χ1) is 9.49. The number of nitrogens with zero attached hydrogens (tertiary/aromatic N) is 1. The Morgan fingerprint density at radius 1 is 1.25 bits per heavy atom. The highest BCUT2D eigenvalue weighted by molar-refractivity contribution is 7.09. The van der Waals surface area contributed by atoms with Crippen LogP contribution in [0.4, 0.5) is 24.8 Å². The summed E-state index contributed by atoms with van der Waals surface area (Å²) >= 11 is 1.60. The molecule has 0 bridgehead atoms. The average Bonchev–Trinajstić information content (AvgIpc) is 2.90. The number of nitrogen functional groups attached to an aromatic ring is 1. The average molecular weight is 302 g/mol. The maximum absolute atomic E-state index is 12.7. The van der Waals surface area contributed by atoms with Gasteiger partial charge in [-0.05, 0) is 30.0 Å². The van der Waals surface area contributed by atoms with Crippen LogP contribution in [0.25, 0.3) is 0 Å². The van der Waals surface area contributed by atoms with E-state index in [1.54, 1.807) is 11.3 Å². The summed E-state index contributed by atoms with van der Waals surface area (Å²) in [7, 11) is 0. The van der Waals surface area contributed by atoms with E-state index in [2.05, 4.69) is 15.7 Å². The number of nitrogens with two attached hydrogens (primary N) is 1. The molecule has 4 N–H and O–H groups in total. The fraction of sp³-hybridized carbons (Fsp3) is 0.250. The van der Waals surface area contributed by atoms with Crippen molar-refractivity contribution in [1.29, 1.82) is 0 Å². The predicted molar refractivity (Wildman–Crippen MR) is 73.6 cm³/mol. The summed E-state index contributed by atoms with van der Waals surface area (Å²) in [5.74, 6) is 5.24. The summed E-state index contributed by atoms with van der Waals surface area (Å²) in [6.07, 6.45) is -3.71. The number of anilines is 2. The van der Waals surface area contributed by atoms with Crippen molar-refractivity contribution < 1.29 is 13.2 Å². The molecule has 0 spiro atoms. The largest absolute Gasteiger partial charge is 0.416 e. The third-order valence-corrected chi connectivity index (χ3v) is 3.49. The number of alkyl halides is 3. The van der Waals surface area contributed by atoms with E-state index in [-0.39, 0.29) is 11.6 Å². The molecule has 2 aromatic heterocycles. The van der Waals surface area contributed by atoms with E-state index in [1.165, 1.54) is 0 Å². The van der Waals surface area contributed by atoms with Gasteiger partial charge in [-0.3, -0.25) is 0 Å². The lowest BCUT2D eigenvalue weighted by atomic mass is 10.2. The van der Waals surface area contributed by atoms with Crippen LogP contribution in [0.5, 0.6) is 0 Å². The zero-order valence-corrected chi connectivity index (χ0v) is 11.2. The molecule has 8 heteroatoms. The molecule has 0 aliphatic rings. The van der Waals surface area contributed by atoms with Crippen LogP contribution in [0.15, 0.2) is 29.6 Å². The van der Waals surface area contributed by atoms with Crippen molar-refractivity contribution in [2.75, 3.05) is 17.3 Å². The summed E-state index contributed by atoms with van der Waals surface area (Å²) in [5, 5.41) is 4.82. The molecule has 0 radical (unpaired) electrons. The van der Waals surface area contributed by atoms with Crippen molar-refractivity contribution in [3.63, 3.8) is 0 Å². The van der Waals surface area contributed by atoms with E-state index in [4.69, 9.17) is 5.84 Å². The third-order valence-electron chi connectivity index (χ3n) is 2.56. The minimum absolute atomic E-state index is 0.0292. The number of halogens is 3. The molecule has 0 aliphatic carbocycles. The molecule has 0 saturated carbocycles. The Hall–Kier alpha value is -1.80. The first-order valence-electron chi connectivity index (χ1n) is 5.81. The maximum atomic E-state index is 12.7. The van der Waals surface area contributed by atoms with Gasteiger partial charge in [-0.15, -0.1) is 11.3 Å². The molecule has 0 aromatic carbocycles. The van der Waals surface area contributed by atoms with Crippen molar-refractivity contribution in [3.05, 3.63) is 40.1 Å². The minimum atomic E-state index is -4.43. The lowest BCUT2D eigenvalue weighted by Crippen LogP contribution is -2.14. The Kier molecular flexibility index (Phi) is 4.46. The molecule has 0 unspecified atom stereocenters. The molecular weight excluding hydrogens is 289 g/mol. The van der Waals surface area contributed by atoms with Crippen LogP contribution >= 0.6 is 11.3 Å². The summed E-state index contributed by atoms with van der Waals surface area (Å²) in [5.41, 5.74) is 1.34. The number of hydrazine groups is 1. The van der Waals surface area contributed by atoms with Crippen molar-refractivity contribution in [1.82, 2.24) is 4.98 Å². The van der Waals surface area contributed by atoms with Crippen molar-refractivity contribution in [2.45, 2.75) is 12.6 Å². The van der Waals surface area contributed by atoms with Gasteiger partial charge < -0.3 is 10.7 Å². The van der Waals surface area contributed by atoms with Gasteiger partial charge in [0.15, 0.2) is 0 Å². The first kappa shape index (κ1) is 14.6. The molecule has 2 rings (SSSR count). The van der Waals surface area contributed by atoms with Gasteiger partial charge in [0.25, 0.3) is 0 Å². The second-order valence-corrected chi connectivity index (χ2v) is 5.06. The van der Waals surface area contributed by atoms with Gasteiger partial charge in [0.2, 0.25) is 0 Å². The van der Waals surface area contributed by atoms with Crippen LogP contribution < -0.4 is 16.6 Å². The second-order valence-electron chi connectivity index (χ2n) is 4.02. The van der Waals surface area contributed by atoms with Crippen LogP contribution in [0.2, 0.25) is 0 Å². The van der Waals surface area contributed by atoms with E-state index in [9.17, 15) is 13.2 Å². The van der Waals surface area contributed by atoms with Crippen molar-refractivity contribution in [3.8, 4) is 0 Å². The van der Waals surface area contributed by atoms with Gasteiger partial charge >= 0.3 is 6.18 Å². The number of hydrogen-bond acceptors (Lipinski definition) is 5. The summed E-state index contributed by atoms with van der Waals surface area (Å²) in [4.78, 5) is 5.09. The quantitative estimate of drug-likeness (QED) is 0.586. The highest BCUT2D eigenvalue weighted by atomic mass is 32.1. The number of rotatable bonds is 5. The van der Waals surface area contributed by atoms with E-state index in [0.29, 0.717) is 6.54 Å². The second kappa shape index (κ2) is 6.10. The number of nitrogens with one attached hydrogen (secondary N) is 2. The lowest BCUT2D eigenvalue weighted by Gasteiger charge is -2.12. The molecule has 20 heavy (non-hydrogen) atoms. The van der Waals surface area contributed by atoms with Crippen molar-refractivity contribution in [2.24, 2.45) is 5.84 Å². The summed E-state index contributed by atoms with van der Waals surface area (Å²) in [6.45, 7) is 0.499. The van der Waals surface area contributed by atoms with Crippen LogP contribution in [0.1, 0.15) is 10.4 Å². The SMILES string of the molecule is NNc1cc(C(F)(F)F)cc(NCCc2cccs2)n1. The minimum Gasteiger partial charge on any atom is -0.370 e. The molecule has 2 heterocycles. The van der Waals surface area contributed by atoms with E-state index in [0.717, 1.165) is 23.4 Å². The van der Waals surface area contributed by atoms with Crippen LogP contribution in [0, 0.1) is 0 Å². The van der Waals surface area contributed by atoms with E-state index >= 15 is 0 Å². The van der Waals surface area contributed by atoms with Gasteiger partial charge in [0, 0.05) is 11.4 Å². The number of hydrogen-bond donors (Lipinski definition) is 3. The highest BCUT2D eigenvalue weighted by Crippen LogP contribution is 2.31. The monoisotopic (exact) mass is 302 g/mol. The summed E-state index contributed by atoms with van der Waals surface area (Å²) in [6, 6.07) is 5.73. The predicted octanol–water partition coefficient (Wildman–Crippen LogP) is 3.10. The fourth-order valence-electron chi connectivity index (χ4n) is 1.63. The molecule has 2 aromatic rings. The van der Waals surface area contributed by atoms with Gasteiger partial charge in [0.1, 0.15) is 11.6 Å². The molecular formula is C12H13F3N4S. The smallest absolute Gasteiger partial charge is 0.370 e. The number of aromatic nitrogens is 1.